The number of aromatic nitrogens is 1. The van der Waals surface area contributed by atoms with Crippen molar-refractivity contribution in [3.63, 3.8) is 0 Å². The number of H-pyrrole nitrogens is 1. The molecule has 0 radical (unpaired) electrons. The SMILES string of the molecule is O=C(CN(Cc1ccc(C(=O)NO)cc1)C(=O)c1c[nH]c2ccccc12)NC1CCCCC1. The van der Waals surface area contributed by atoms with Gasteiger partial charge in [-0.3, -0.25) is 19.6 Å². The first kappa shape index (κ1) is 22.5. The number of fused-ring (bicyclic) bond motifs is 1. The van der Waals surface area contributed by atoms with Crippen molar-refractivity contribution < 1.29 is 19.6 Å². The zero-order chi connectivity index (χ0) is 23.2. The molecule has 0 saturated heterocycles. The molecule has 0 aliphatic heterocycles. The zero-order valence-electron chi connectivity index (χ0n) is 18.3. The molecule has 3 aromatic rings. The number of amides is 3. The van der Waals surface area contributed by atoms with E-state index < -0.39 is 5.91 Å². The van der Waals surface area contributed by atoms with E-state index >= 15 is 0 Å². The van der Waals surface area contributed by atoms with Crippen molar-refractivity contribution in [1.82, 2.24) is 20.7 Å². The number of hydrogen-bond donors (Lipinski definition) is 4. The minimum atomic E-state index is -0.611. The van der Waals surface area contributed by atoms with Gasteiger partial charge < -0.3 is 15.2 Å². The molecule has 4 rings (SSSR count). The van der Waals surface area contributed by atoms with Gasteiger partial charge in [0.25, 0.3) is 11.8 Å². The molecule has 4 N–H and O–H groups in total. The predicted molar refractivity (Wildman–Crippen MR) is 124 cm³/mol. The van der Waals surface area contributed by atoms with Crippen LogP contribution in [-0.4, -0.2) is 45.4 Å². The fourth-order valence-electron chi connectivity index (χ4n) is 4.36. The van der Waals surface area contributed by atoms with Gasteiger partial charge >= 0.3 is 0 Å². The van der Waals surface area contributed by atoms with Gasteiger partial charge in [0.05, 0.1) is 5.56 Å². The number of carbonyl (C=O) groups excluding carboxylic acids is 3. The maximum atomic E-state index is 13.5. The lowest BCUT2D eigenvalue weighted by Crippen LogP contribution is -2.44. The van der Waals surface area contributed by atoms with Gasteiger partial charge in [-0.1, -0.05) is 49.6 Å². The molecule has 1 aromatic heterocycles. The van der Waals surface area contributed by atoms with Crippen LogP contribution >= 0.6 is 0 Å². The third kappa shape index (κ3) is 5.40. The summed E-state index contributed by atoms with van der Waals surface area (Å²) in [6.45, 7) is 0.144. The lowest BCUT2D eigenvalue weighted by molar-refractivity contribution is -0.122. The molecule has 1 heterocycles. The highest BCUT2D eigenvalue weighted by molar-refractivity contribution is 6.07. The fraction of sp³-hybridized carbons (Fsp3) is 0.320. The molecule has 1 aliphatic carbocycles. The van der Waals surface area contributed by atoms with Crippen molar-refractivity contribution >= 4 is 28.6 Å². The highest BCUT2D eigenvalue weighted by Crippen LogP contribution is 2.21. The molecule has 0 unspecified atom stereocenters. The van der Waals surface area contributed by atoms with Gasteiger partial charge in [0.15, 0.2) is 0 Å². The van der Waals surface area contributed by atoms with Gasteiger partial charge in [0, 0.05) is 35.2 Å². The number of aromatic amines is 1. The Labute approximate surface area is 191 Å². The largest absolute Gasteiger partial charge is 0.360 e. The van der Waals surface area contributed by atoms with E-state index in [1.54, 1.807) is 35.9 Å². The number of carbonyl (C=O) groups is 3. The Hall–Kier alpha value is -3.65. The highest BCUT2D eigenvalue weighted by atomic mass is 16.5. The second-order valence-corrected chi connectivity index (χ2v) is 8.45. The smallest absolute Gasteiger partial charge is 0.274 e. The summed E-state index contributed by atoms with van der Waals surface area (Å²) in [6.07, 6.45) is 7.02. The Morgan fingerprint density at radius 3 is 2.45 bits per heavy atom. The van der Waals surface area contributed by atoms with E-state index in [1.165, 1.54) is 11.3 Å². The first-order valence-electron chi connectivity index (χ1n) is 11.2. The summed E-state index contributed by atoms with van der Waals surface area (Å²) in [5.41, 5.74) is 4.02. The van der Waals surface area contributed by atoms with Crippen LogP contribution in [-0.2, 0) is 11.3 Å². The quantitative estimate of drug-likeness (QED) is 0.328. The van der Waals surface area contributed by atoms with Crippen LogP contribution in [0.15, 0.2) is 54.7 Å². The number of hydroxylamine groups is 1. The molecule has 1 aliphatic rings. The Balaban J connectivity index is 1.55. The number of hydrogen-bond acceptors (Lipinski definition) is 4. The lowest BCUT2D eigenvalue weighted by atomic mass is 9.95. The first-order valence-corrected chi connectivity index (χ1v) is 11.2. The number of nitrogens with one attached hydrogen (secondary N) is 3. The third-order valence-electron chi connectivity index (χ3n) is 6.10. The number of nitrogens with zero attached hydrogens (tertiary/aromatic N) is 1. The van der Waals surface area contributed by atoms with Gasteiger partial charge in [0.2, 0.25) is 5.91 Å². The molecular weight excluding hydrogens is 420 g/mol. The molecule has 172 valence electrons. The van der Waals surface area contributed by atoms with Crippen molar-refractivity contribution in [2.45, 2.75) is 44.7 Å². The van der Waals surface area contributed by atoms with Gasteiger partial charge in [-0.25, -0.2) is 5.48 Å². The van der Waals surface area contributed by atoms with E-state index in [4.69, 9.17) is 5.21 Å². The van der Waals surface area contributed by atoms with Crippen molar-refractivity contribution in [3.05, 3.63) is 71.4 Å². The highest BCUT2D eigenvalue weighted by Gasteiger charge is 2.24. The van der Waals surface area contributed by atoms with Crippen LogP contribution in [0.25, 0.3) is 10.9 Å². The summed E-state index contributed by atoms with van der Waals surface area (Å²) in [6, 6.07) is 14.3. The van der Waals surface area contributed by atoms with Crippen molar-refractivity contribution in [2.24, 2.45) is 0 Å². The number of para-hydroxylation sites is 1. The minimum absolute atomic E-state index is 0.0618. The van der Waals surface area contributed by atoms with Crippen LogP contribution in [0.3, 0.4) is 0 Å². The van der Waals surface area contributed by atoms with Crippen molar-refractivity contribution in [3.8, 4) is 0 Å². The zero-order valence-corrected chi connectivity index (χ0v) is 18.3. The second kappa shape index (κ2) is 10.3. The van der Waals surface area contributed by atoms with Crippen molar-refractivity contribution in [2.75, 3.05) is 6.54 Å². The van der Waals surface area contributed by atoms with E-state index in [-0.39, 0.29) is 30.9 Å². The average molecular weight is 449 g/mol. The van der Waals surface area contributed by atoms with Crippen LogP contribution in [0.1, 0.15) is 58.4 Å². The van der Waals surface area contributed by atoms with E-state index in [9.17, 15) is 14.4 Å². The topological polar surface area (TPSA) is 115 Å². The Kier molecular flexibility index (Phi) is 7.04. The van der Waals surface area contributed by atoms with Crippen LogP contribution in [0.2, 0.25) is 0 Å². The summed E-state index contributed by atoms with van der Waals surface area (Å²) in [7, 11) is 0. The standard InChI is InChI=1S/C25H28N4O4/c30-23(27-19-6-2-1-3-7-19)16-29(15-17-10-12-18(13-11-17)24(31)28-33)25(32)21-14-26-22-9-5-4-8-20(21)22/h4-5,8-14,19,26,33H,1-3,6-7,15-16H2,(H,27,30)(H,28,31). The maximum absolute atomic E-state index is 13.5. The predicted octanol–water partition coefficient (Wildman–Crippen LogP) is 3.38. The third-order valence-corrected chi connectivity index (χ3v) is 6.10. The summed E-state index contributed by atoms with van der Waals surface area (Å²) in [5, 5.41) is 12.7. The van der Waals surface area contributed by atoms with Crippen LogP contribution < -0.4 is 10.8 Å². The summed E-state index contributed by atoms with van der Waals surface area (Å²) in [4.78, 5) is 42.6. The molecule has 0 spiro atoms. The molecular formula is C25H28N4O4. The molecule has 0 bridgehead atoms. The number of rotatable bonds is 7. The lowest BCUT2D eigenvalue weighted by Gasteiger charge is -2.26. The Morgan fingerprint density at radius 2 is 1.73 bits per heavy atom. The second-order valence-electron chi connectivity index (χ2n) is 8.45. The molecule has 8 nitrogen and oxygen atoms in total. The normalized spacial score (nSPS) is 14.1. The summed E-state index contributed by atoms with van der Waals surface area (Å²) < 4.78 is 0. The van der Waals surface area contributed by atoms with E-state index in [1.807, 2.05) is 24.3 Å². The number of benzene rings is 2. The molecule has 3 amide bonds. The first-order chi connectivity index (χ1) is 16.0. The van der Waals surface area contributed by atoms with E-state index in [2.05, 4.69) is 10.3 Å². The van der Waals surface area contributed by atoms with Gasteiger partial charge in [-0.15, -0.1) is 0 Å². The van der Waals surface area contributed by atoms with Gasteiger partial charge in [-0.05, 0) is 36.6 Å². The van der Waals surface area contributed by atoms with Gasteiger partial charge in [-0.2, -0.15) is 0 Å². The molecule has 8 heteroatoms. The van der Waals surface area contributed by atoms with Crippen molar-refractivity contribution in [1.29, 1.82) is 0 Å². The van der Waals surface area contributed by atoms with Crippen LogP contribution in [0.5, 0.6) is 0 Å². The molecule has 2 aromatic carbocycles. The molecule has 1 fully saturated rings. The summed E-state index contributed by atoms with van der Waals surface area (Å²) in [5.74, 6) is -1.03. The monoisotopic (exact) mass is 448 g/mol. The molecule has 33 heavy (non-hydrogen) atoms. The molecule has 0 atom stereocenters. The Bertz CT molecular complexity index is 1130. The van der Waals surface area contributed by atoms with Crippen LogP contribution in [0.4, 0.5) is 0 Å². The minimum Gasteiger partial charge on any atom is -0.360 e. The Morgan fingerprint density at radius 1 is 1.00 bits per heavy atom. The summed E-state index contributed by atoms with van der Waals surface area (Å²) >= 11 is 0. The molecule has 1 saturated carbocycles. The van der Waals surface area contributed by atoms with Crippen LogP contribution in [0, 0.1) is 0 Å². The maximum Gasteiger partial charge on any atom is 0.274 e. The average Bonchev–Trinajstić information content (AvgIpc) is 3.28. The van der Waals surface area contributed by atoms with E-state index in [0.29, 0.717) is 11.1 Å². The van der Waals surface area contributed by atoms with E-state index in [0.717, 1.165) is 42.1 Å². The van der Waals surface area contributed by atoms with Gasteiger partial charge in [0.1, 0.15) is 6.54 Å². The fourth-order valence-corrected chi connectivity index (χ4v) is 4.36.